The second kappa shape index (κ2) is 19.4. The van der Waals surface area contributed by atoms with Gasteiger partial charge in [0.2, 0.25) is 11.6 Å². The van der Waals surface area contributed by atoms with Crippen LogP contribution >= 0.6 is 22.7 Å². The third-order valence-corrected chi connectivity index (χ3v) is 11.4. The maximum atomic E-state index is 14.8. The number of ether oxygens (including phenoxy) is 1. The maximum Gasteiger partial charge on any atom is 0.261 e. The molecule has 2 aromatic heterocycles. The van der Waals surface area contributed by atoms with Crippen LogP contribution in [0.15, 0.2) is 35.4 Å². The summed E-state index contributed by atoms with van der Waals surface area (Å²) in [5.41, 5.74) is 0.749. The van der Waals surface area contributed by atoms with E-state index in [0.29, 0.717) is 34.7 Å². The Balaban J connectivity index is 1.74. The highest BCUT2D eigenvalue weighted by molar-refractivity contribution is 7.15. The molecular formula is C34H48N2O17S2. The van der Waals surface area contributed by atoms with Gasteiger partial charge in [0, 0.05) is 31.8 Å². The Morgan fingerprint density at radius 3 is 1.40 bits per heavy atom. The Labute approximate surface area is 323 Å². The summed E-state index contributed by atoms with van der Waals surface area (Å²) in [6.07, 6.45) is 2.23. The molecule has 0 radical (unpaired) electrons. The van der Waals surface area contributed by atoms with Gasteiger partial charge in [0.1, 0.15) is 6.61 Å². The normalized spacial score (nSPS) is 16.6. The first-order valence-corrected chi connectivity index (χ1v) is 19.0. The number of aromatic hydroxyl groups is 2. The van der Waals surface area contributed by atoms with Crippen LogP contribution in [0, 0.1) is 11.8 Å². The van der Waals surface area contributed by atoms with Crippen molar-refractivity contribution in [1.82, 2.24) is 9.80 Å². The highest BCUT2D eigenvalue weighted by Gasteiger charge is 2.50. The first-order chi connectivity index (χ1) is 26.1. The number of carbonyl (C=O) groups excluding carboxylic acids is 2. The number of carbonyl (C=O) groups is 2. The standard InChI is InChI=1S/C34H48N2O17S2/c1-5-20(8-6-14-32(2,48-41)49-42)16-35-28(22-10-12-24(37)54-22)26-27(30(35)39)29(23-11-13-25(38)55-23)36(31(26)40)17-21(9-7-15-33(3,50-43)51-44)18-47-19-34(4,52-45)53-46/h10-13,20-21,37-38,41-46H,5-9,14-19H2,1-4H3. The van der Waals surface area contributed by atoms with Crippen molar-refractivity contribution in [2.75, 3.05) is 26.3 Å². The fourth-order valence-corrected chi connectivity index (χ4v) is 8.07. The number of thiophene rings is 2. The van der Waals surface area contributed by atoms with Crippen molar-refractivity contribution < 1.29 is 85.4 Å². The van der Waals surface area contributed by atoms with Crippen LogP contribution in [0.1, 0.15) is 82.4 Å². The highest BCUT2D eigenvalue weighted by Crippen LogP contribution is 2.50. The Kier molecular flexibility index (Phi) is 15.7. The summed E-state index contributed by atoms with van der Waals surface area (Å²) in [5, 5.41) is 75.8. The summed E-state index contributed by atoms with van der Waals surface area (Å²) in [6.45, 7) is 5.39. The number of hydrogen-bond donors (Lipinski definition) is 8. The summed E-state index contributed by atoms with van der Waals surface area (Å²) in [4.78, 5) is 58.7. The minimum atomic E-state index is -1.93. The van der Waals surface area contributed by atoms with Gasteiger partial charge >= 0.3 is 0 Å². The molecule has 4 rings (SSSR count). The number of nitrogens with zero attached hydrogens (tertiary/aromatic N) is 2. The molecule has 55 heavy (non-hydrogen) atoms. The molecule has 2 atom stereocenters. The van der Waals surface area contributed by atoms with E-state index in [-0.39, 0.29) is 78.3 Å². The quantitative estimate of drug-likeness (QED) is 0.0319. The van der Waals surface area contributed by atoms with E-state index in [1.807, 2.05) is 6.92 Å². The van der Waals surface area contributed by atoms with Gasteiger partial charge in [-0.3, -0.25) is 9.59 Å². The van der Waals surface area contributed by atoms with Crippen LogP contribution in [0.25, 0.3) is 11.4 Å². The third kappa shape index (κ3) is 10.5. The minimum absolute atomic E-state index is 0.00307. The lowest BCUT2D eigenvalue weighted by Gasteiger charge is -2.30. The molecule has 0 aliphatic carbocycles. The van der Waals surface area contributed by atoms with Crippen LogP contribution in [-0.2, 0) is 43.7 Å². The molecule has 2 amide bonds. The lowest BCUT2D eigenvalue weighted by molar-refractivity contribution is -0.487. The van der Waals surface area contributed by atoms with E-state index in [0.717, 1.165) is 22.7 Å². The molecule has 0 fully saturated rings. The molecule has 2 aliphatic heterocycles. The first kappa shape index (κ1) is 44.6. The summed E-state index contributed by atoms with van der Waals surface area (Å²) < 4.78 is 5.74. The van der Waals surface area contributed by atoms with Gasteiger partial charge in [0.05, 0.1) is 38.9 Å². The van der Waals surface area contributed by atoms with Gasteiger partial charge in [-0.15, -0.1) is 0 Å². The van der Waals surface area contributed by atoms with E-state index in [2.05, 4.69) is 29.3 Å². The average molecular weight is 821 g/mol. The lowest BCUT2D eigenvalue weighted by Crippen LogP contribution is -2.38. The second-order valence-electron chi connectivity index (χ2n) is 13.9. The van der Waals surface area contributed by atoms with Gasteiger partial charge in [-0.25, -0.2) is 51.1 Å². The summed E-state index contributed by atoms with van der Waals surface area (Å²) >= 11 is 1.95. The molecule has 19 nitrogen and oxygen atoms in total. The maximum absolute atomic E-state index is 14.8. The monoisotopic (exact) mass is 820 g/mol. The highest BCUT2D eigenvalue weighted by atomic mass is 32.1. The zero-order valence-corrected chi connectivity index (χ0v) is 32.3. The molecule has 2 aliphatic rings. The van der Waals surface area contributed by atoms with Crippen molar-refractivity contribution in [2.24, 2.45) is 11.8 Å². The minimum Gasteiger partial charge on any atom is -0.499 e. The zero-order chi connectivity index (χ0) is 40.6. The van der Waals surface area contributed by atoms with Gasteiger partial charge in [-0.05, 0) is 76.6 Å². The number of amides is 2. The van der Waals surface area contributed by atoms with E-state index in [1.165, 1.54) is 42.7 Å². The molecule has 2 unspecified atom stereocenters. The molecule has 8 N–H and O–H groups in total. The van der Waals surface area contributed by atoms with E-state index >= 15 is 0 Å². The molecule has 0 saturated carbocycles. The van der Waals surface area contributed by atoms with Crippen LogP contribution < -0.4 is 0 Å². The van der Waals surface area contributed by atoms with Crippen molar-refractivity contribution >= 4 is 45.9 Å². The smallest absolute Gasteiger partial charge is 0.261 e. The van der Waals surface area contributed by atoms with Crippen molar-refractivity contribution in [3.63, 3.8) is 0 Å². The Morgan fingerprint density at radius 1 is 0.636 bits per heavy atom. The van der Waals surface area contributed by atoms with Crippen LogP contribution in [0.3, 0.4) is 0 Å². The molecular weight excluding hydrogens is 773 g/mol. The average Bonchev–Trinajstić information content (AvgIpc) is 3.95. The van der Waals surface area contributed by atoms with Crippen LogP contribution in [0.2, 0.25) is 0 Å². The predicted octanol–water partition coefficient (Wildman–Crippen LogP) is 6.11. The number of hydrogen-bond acceptors (Lipinski definition) is 19. The summed E-state index contributed by atoms with van der Waals surface area (Å²) in [7, 11) is 0. The zero-order valence-electron chi connectivity index (χ0n) is 30.7. The van der Waals surface area contributed by atoms with Crippen molar-refractivity contribution in [3.05, 3.63) is 45.2 Å². The molecule has 21 heteroatoms. The van der Waals surface area contributed by atoms with Crippen molar-refractivity contribution in [3.8, 4) is 10.1 Å². The van der Waals surface area contributed by atoms with Crippen LogP contribution in [-0.4, -0.2) is 107 Å². The van der Waals surface area contributed by atoms with Crippen LogP contribution in [0.4, 0.5) is 0 Å². The topological polar surface area (TPSA) is 267 Å². The third-order valence-electron chi connectivity index (χ3n) is 9.65. The second-order valence-corrected chi connectivity index (χ2v) is 16.1. The molecule has 0 bridgehead atoms. The molecule has 0 spiro atoms. The van der Waals surface area contributed by atoms with E-state index in [1.54, 1.807) is 12.1 Å². The van der Waals surface area contributed by atoms with Gasteiger partial charge in [-0.1, -0.05) is 36.0 Å². The van der Waals surface area contributed by atoms with E-state index in [9.17, 15) is 40.8 Å². The van der Waals surface area contributed by atoms with Crippen molar-refractivity contribution in [2.45, 2.75) is 90.0 Å². The number of rotatable bonds is 25. The van der Waals surface area contributed by atoms with Crippen LogP contribution in [0.5, 0.6) is 10.1 Å². The predicted molar refractivity (Wildman–Crippen MR) is 193 cm³/mol. The molecule has 308 valence electrons. The van der Waals surface area contributed by atoms with Gasteiger partial charge in [-0.2, -0.15) is 9.78 Å². The van der Waals surface area contributed by atoms with Gasteiger partial charge < -0.3 is 24.7 Å². The van der Waals surface area contributed by atoms with Gasteiger partial charge in [0.25, 0.3) is 17.6 Å². The largest absolute Gasteiger partial charge is 0.499 e. The Morgan fingerprint density at radius 2 is 1.04 bits per heavy atom. The Hall–Kier alpha value is -3.10. The fraction of sp³-hybridized carbons (Fsp3) is 0.588. The SMILES string of the molecule is CCC(CCCC(C)(OO)OO)CN1C(=O)C2=C(c3ccc(O)s3)N(CC(CCCC(C)(OO)OO)COCC(C)(OO)OO)C(=O)C2=C1c1ccc(O)s1. The summed E-state index contributed by atoms with van der Waals surface area (Å²) in [5.74, 6) is -6.99. The number of fused-ring (bicyclic) bond motifs is 1. The first-order valence-electron chi connectivity index (χ1n) is 17.4. The Bertz CT molecular complexity index is 1640. The fourth-order valence-electron chi connectivity index (χ4n) is 6.46. The summed E-state index contributed by atoms with van der Waals surface area (Å²) in [6, 6.07) is 6.11. The van der Waals surface area contributed by atoms with Gasteiger partial charge in [0.15, 0.2) is 10.1 Å². The van der Waals surface area contributed by atoms with Crippen molar-refractivity contribution in [1.29, 1.82) is 0 Å². The molecule has 2 aromatic rings. The van der Waals surface area contributed by atoms with E-state index in [4.69, 9.17) is 15.3 Å². The van der Waals surface area contributed by atoms with E-state index < -0.39 is 41.7 Å². The lowest BCUT2D eigenvalue weighted by atomic mass is 9.96. The molecule has 4 heterocycles. The molecule has 0 aromatic carbocycles. The molecule has 0 saturated heterocycles.